The van der Waals surface area contributed by atoms with Gasteiger partial charge in [0.2, 0.25) is 5.91 Å². The third kappa shape index (κ3) is 3.75. The van der Waals surface area contributed by atoms with Crippen molar-refractivity contribution in [1.29, 1.82) is 0 Å². The van der Waals surface area contributed by atoms with Crippen molar-refractivity contribution in [3.05, 3.63) is 24.0 Å². The van der Waals surface area contributed by atoms with Gasteiger partial charge in [0, 0.05) is 0 Å². The predicted molar refractivity (Wildman–Crippen MR) is 69.3 cm³/mol. The number of carbonyl (C=O) groups excluding carboxylic acids is 3. The number of hydrogen-bond donors (Lipinski definition) is 3. The molecule has 1 aromatic heterocycles. The Labute approximate surface area is 118 Å². The zero-order valence-corrected chi connectivity index (χ0v) is 10.8. The molecular weight excluding hydrogens is 280 g/mol. The summed E-state index contributed by atoms with van der Waals surface area (Å²) in [6.45, 7) is -0.501. The molecule has 9 nitrogen and oxygen atoms in total. The number of rotatable bonds is 5. The van der Waals surface area contributed by atoms with Gasteiger partial charge in [0.05, 0.1) is 30.5 Å². The summed E-state index contributed by atoms with van der Waals surface area (Å²) in [4.78, 5) is 49.5. The van der Waals surface area contributed by atoms with Crippen LogP contribution in [0.1, 0.15) is 5.69 Å². The molecule has 9 heteroatoms. The molecular formula is C12H12N4O5. The third-order valence-corrected chi connectivity index (χ3v) is 2.68. The summed E-state index contributed by atoms with van der Waals surface area (Å²) in [5.41, 5.74) is 0.704. The number of imide groups is 1. The van der Waals surface area contributed by atoms with Crippen LogP contribution in [0.25, 0.3) is 0 Å². The van der Waals surface area contributed by atoms with Gasteiger partial charge in [-0.3, -0.25) is 24.3 Å². The van der Waals surface area contributed by atoms with E-state index in [-0.39, 0.29) is 19.5 Å². The molecule has 0 aromatic carbocycles. The van der Waals surface area contributed by atoms with Gasteiger partial charge in [-0.1, -0.05) is 0 Å². The van der Waals surface area contributed by atoms with E-state index in [1.165, 1.54) is 18.3 Å². The number of nitrogens with zero attached hydrogens (tertiary/aromatic N) is 2. The van der Waals surface area contributed by atoms with Crippen LogP contribution in [0.2, 0.25) is 0 Å². The molecule has 1 aliphatic heterocycles. The summed E-state index contributed by atoms with van der Waals surface area (Å²) >= 11 is 0. The highest BCUT2D eigenvalue weighted by Gasteiger charge is 2.30. The maximum Gasteiger partial charge on any atom is 0.325 e. The van der Waals surface area contributed by atoms with E-state index in [0.717, 1.165) is 4.90 Å². The van der Waals surface area contributed by atoms with Crippen LogP contribution in [0, 0.1) is 0 Å². The van der Waals surface area contributed by atoms with Gasteiger partial charge < -0.3 is 15.7 Å². The molecule has 0 unspecified atom stereocenters. The zero-order chi connectivity index (χ0) is 15.4. The topological polar surface area (TPSA) is 129 Å². The highest BCUT2D eigenvalue weighted by Crippen LogP contribution is 2.07. The first-order chi connectivity index (χ1) is 9.95. The molecule has 4 amide bonds. The Hall–Kier alpha value is -2.97. The van der Waals surface area contributed by atoms with Gasteiger partial charge in [0.25, 0.3) is 5.91 Å². The zero-order valence-electron chi connectivity index (χ0n) is 10.8. The van der Waals surface area contributed by atoms with E-state index in [9.17, 15) is 19.2 Å². The molecule has 2 heterocycles. The molecule has 3 N–H and O–H groups in total. The maximum atomic E-state index is 11.7. The van der Waals surface area contributed by atoms with Gasteiger partial charge >= 0.3 is 12.0 Å². The van der Waals surface area contributed by atoms with Crippen molar-refractivity contribution in [2.45, 2.75) is 6.42 Å². The number of anilines is 1. The van der Waals surface area contributed by atoms with Crippen LogP contribution in [0.15, 0.2) is 18.3 Å². The van der Waals surface area contributed by atoms with Crippen molar-refractivity contribution >= 4 is 29.5 Å². The molecule has 21 heavy (non-hydrogen) atoms. The van der Waals surface area contributed by atoms with Crippen molar-refractivity contribution in [2.75, 3.05) is 18.4 Å². The first kappa shape index (κ1) is 14.4. The summed E-state index contributed by atoms with van der Waals surface area (Å²) < 4.78 is 0. The van der Waals surface area contributed by atoms with E-state index < -0.39 is 23.8 Å². The van der Waals surface area contributed by atoms with Crippen LogP contribution in [0.5, 0.6) is 0 Å². The Morgan fingerprint density at radius 3 is 2.67 bits per heavy atom. The lowest BCUT2D eigenvalue weighted by atomic mass is 10.2. The number of urea groups is 1. The Kier molecular flexibility index (Phi) is 4.12. The molecule has 0 radical (unpaired) electrons. The number of pyridine rings is 1. The van der Waals surface area contributed by atoms with Crippen molar-refractivity contribution in [2.24, 2.45) is 0 Å². The fraction of sp³-hybridized carbons (Fsp3) is 0.250. The van der Waals surface area contributed by atoms with Gasteiger partial charge in [-0.25, -0.2) is 4.79 Å². The van der Waals surface area contributed by atoms with Crippen LogP contribution in [-0.2, 0) is 20.8 Å². The molecule has 0 bridgehead atoms. The fourth-order valence-electron chi connectivity index (χ4n) is 1.72. The Morgan fingerprint density at radius 1 is 1.38 bits per heavy atom. The SMILES string of the molecule is O=C(O)Cc1ccc(NC(=O)CN2C(=O)CNC2=O)cn1. The Balaban J connectivity index is 1.92. The standard InChI is InChI=1S/C12H12N4O5/c17-9(6-16-10(18)5-14-12(16)21)15-8-2-1-7(13-4-8)3-11(19)20/h1-2,4H,3,5-6H2,(H,14,21)(H,15,17)(H,19,20). The quantitative estimate of drug-likeness (QED) is 0.609. The molecule has 0 spiro atoms. The van der Waals surface area contributed by atoms with Crippen LogP contribution in [-0.4, -0.2) is 51.9 Å². The van der Waals surface area contributed by atoms with Crippen LogP contribution in [0.4, 0.5) is 10.5 Å². The molecule has 1 aromatic rings. The number of aromatic nitrogens is 1. The van der Waals surface area contributed by atoms with E-state index >= 15 is 0 Å². The summed E-state index contributed by atoms with van der Waals surface area (Å²) in [7, 11) is 0. The number of nitrogens with one attached hydrogen (secondary N) is 2. The number of carbonyl (C=O) groups is 4. The number of carboxylic acids is 1. The minimum atomic E-state index is -1.00. The molecule has 0 atom stereocenters. The van der Waals surface area contributed by atoms with Crippen molar-refractivity contribution < 1.29 is 24.3 Å². The van der Waals surface area contributed by atoms with Crippen LogP contribution >= 0.6 is 0 Å². The maximum absolute atomic E-state index is 11.7. The number of aliphatic carboxylic acids is 1. The molecule has 0 aliphatic carbocycles. The second-order valence-electron chi connectivity index (χ2n) is 4.30. The average Bonchev–Trinajstić information content (AvgIpc) is 2.72. The molecule has 110 valence electrons. The average molecular weight is 292 g/mol. The molecule has 1 aliphatic rings. The van der Waals surface area contributed by atoms with E-state index in [2.05, 4.69) is 15.6 Å². The van der Waals surface area contributed by atoms with E-state index in [0.29, 0.717) is 11.4 Å². The number of carboxylic acid groups (broad SMARTS) is 1. The molecule has 1 fully saturated rings. The smallest absolute Gasteiger partial charge is 0.325 e. The summed E-state index contributed by atoms with van der Waals surface area (Å²) in [6, 6.07) is 2.36. The highest BCUT2D eigenvalue weighted by atomic mass is 16.4. The number of amides is 4. The number of hydrogen-bond acceptors (Lipinski definition) is 5. The monoisotopic (exact) mass is 292 g/mol. The van der Waals surface area contributed by atoms with E-state index in [1.54, 1.807) is 0 Å². The largest absolute Gasteiger partial charge is 0.481 e. The fourth-order valence-corrected chi connectivity index (χ4v) is 1.72. The van der Waals surface area contributed by atoms with Crippen molar-refractivity contribution in [3.63, 3.8) is 0 Å². The minimum Gasteiger partial charge on any atom is -0.481 e. The van der Waals surface area contributed by atoms with E-state index in [4.69, 9.17) is 5.11 Å². The lowest BCUT2D eigenvalue weighted by Crippen LogP contribution is -2.38. The van der Waals surface area contributed by atoms with Crippen molar-refractivity contribution in [3.8, 4) is 0 Å². The van der Waals surface area contributed by atoms with E-state index in [1.807, 2.05) is 0 Å². The van der Waals surface area contributed by atoms with Gasteiger partial charge in [-0.15, -0.1) is 0 Å². The van der Waals surface area contributed by atoms with Crippen LogP contribution < -0.4 is 10.6 Å². The lowest BCUT2D eigenvalue weighted by Gasteiger charge is -2.12. The predicted octanol–water partition coefficient (Wildman–Crippen LogP) is -0.801. The highest BCUT2D eigenvalue weighted by molar-refractivity contribution is 6.06. The second kappa shape index (κ2) is 5.99. The summed E-state index contributed by atoms with van der Waals surface area (Å²) in [6.07, 6.45) is 1.10. The van der Waals surface area contributed by atoms with Crippen molar-refractivity contribution in [1.82, 2.24) is 15.2 Å². The van der Waals surface area contributed by atoms with Crippen LogP contribution in [0.3, 0.4) is 0 Å². The minimum absolute atomic E-state index is 0.114. The normalized spacial score (nSPS) is 14.0. The van der Waals surface area contributed by atoms with Gasteiger partial charge in [-0.05, 0) is 12.1 Å². The van der Waals surface area contributed by atoms with Gasteiger partial charge in [0.1, 0.15) is 6.54 Å². The van der Waals surface area contributed by atoms with Gasteiger partial charge in [0.15, 0.2) is 0 Å². The summed E-state index contributed by atoms with van der Waals surface area (Å²) in [5, 5.41) is 13.4. The lowest BCUT2D eigenvalue weighted by molar-refractivity contribution is -0.136. The summed E-state index contributed by atoms with van der Waals surface area (Å²) in [5.74, 6) is -2.02. The first-order valence-electron chi connectivity index (χ1n) is 6.00. The third-order valence-electron chi connectivity index (χ3n) is 2.68. The second-order valence-corrected chi connectivity index (χ2v) is 4.30. The Bertz CT molecular complexity index is 582. The molecule has 1 saturated heterocycles. The molecule has 2 rings (SSSR count). The Morgan fingerprint density at radius 2 is 2.14 bits per heavy atom. The molecule has 0 saturated carbocycles. The van der Waals surface area contributed by atoms with Gasteiger partial charge in [-0.2, -0.15) is 0 Å². The first-order valence-corrected chi connectivity index (χ1v) is 6.00.